The summed E-state index contributed by atoms with van der Waals surface area (Å²) in [5.41, 5.74) is 2.31. The highest BCUT2D eigenvalue weighted by atomic mass is 79.9. The maximum Gasteiger partial charge on any atom is 0.261 e. The Balaban J connectivity index is 2.02. The zero-order valence-corrected chi connectivity index (χ0v) is 13.4. The number of rotatable bonds is 2. The number of amides is 1. The molecule has 1 heterocycles. The first-order valence-electron chi connectivity index (χ1n) is 6.69. The van der Waals surface area contributed by atoms with Gasteiger partial charge in [0.15, 0.2) is 0 Å². The van der Waals surface area contributed by atoms with Crippen LogP contribution < -0.4 is 10.9 Å². The number of nitrogens with one attached hydrogen (secondary N) is 2. The molecule has 0 unspecified atom stereocenters. The van der Waals surface area contributed by atoms with Crippen LogP contribution in [0.3, 0.4) is 0 Å². The van der Waals surface area contributed by atoms with Crippen molar-refractivity contribution in [2.75, 3.05) is 5.32 Å². The van der Waals surface area contributed by atoms with Crippen molar-refractivity contribution >= 4 is 38.5 Å². The van der Waals surface area contributed by atoms with Crippen molar-refractivity contribution in [2.24, 2.45) is 0 Å². The van der Waals surface area contributed by atoms with Crippen LogP contribution in [-0.2, 0) is 0 Å². The van der Waals surface area contributed by atoms with Crippen molar-refractivity contribution in [1.29, 1.82) is 5.41 Å². The Kier molecular flexibility index (Phi) is 3.81. The molecule has 0 aliphatic heterocycles. The number of halogens is 1. The lowest BCUT2D eigenvalue weighted by atomic mass is 10.1. The second-order valence-electron chi connectivity index (χ2n) is 4.94. The summed E-state index contributed by atoms with van der Waals surface area (Å²) >= 11 is 3.39. The van der Waals surface area contributed by atoms with Gasteiger partial charge < -0.3 is 9.73 Å². The van der Waals surface area contributed by atoms with Crippen LogP contribution in [0.5, 0.6) is 0 Å². The van der Waals surface area contributed by atoms with Gasteiger partial charge in [-0.2, -0.15) is 0 Å². The molecule has 3 aromatic rings. The SMILES string of the molecule is Cc1ccccc1NC(=O)c1cc2cc(Br)ccc2oc1=N. The minimum absolute atomic E-state index is 0.152. The lowest BCUT2D eigenvalue weighted by Crippen LogP contribution is -2.21. The molecule has 0 radical (unpaired) electrons. The molecule has 4 nitrogen and oxygen atoms in total. The average Bonchev–Trinajstić information content (AvgIpc) is 2.49. The predicted octanol–water partition coefficient (Wildman–Crippen LogP) is 4.24. The molecule has 0 atom stereocenters. The number of anilines is 1. The molecule has 2 N–H and O–H groups in total. The maximum absolute atomic E-state index is 12.4. The Morgan fingerprint density at radius 2 is 1.95 bits per heavy atom. The third-order valence-electron chi connectivity index (χ3n) is 3.37. The molecule has 0 aliphatic rings. The molecule has 0 saturated heterocycles. The van der Waals surface area contributed by atoms with Gasteiger partial charge in [0.1, 0.15) is 11.1 Å². The minimum atomic E-state index is -0.357. The Labute approximate surface area is 135 Å². The molecule has 0 aliphatic carbocycles. The van der Waals surface area contributed by atoms with Gasteiger partial charge in [-0.25, -0.2) is 0 Å². The first-order chi connectivity index (χ1) is 10.5. The quantitative estimate of drug-likeness (QED) is 0.721. The van der Waals surface area contributed by atoms with E-state index < -0.39 is 0 Å². The van der Waals surface area contributed by atoms with Crippen LogP contribution in [0.1, 0.15) is 15.9 Å². The van der Waals surface area contributed by atoms with Gasteiger partial charge >= 0.3 is 0 Å². The van der Waals surface area contributed by atoms with Crippen molar-refractivity contribution in [3.63, 3.8) is 0 Å². The molecule has 22 heavy (non-hydrogen) atoms. The molecular weight excluding hydrogens is 344 g/mol. The van der Waals surface area contributed by atoms with Crippen molar-refractivity contribution < 1.29 is 9.21 Å². The second kappa shape index (κ2) is 5.77. The summed E-state index contributed by atoms with van der Waals surface area (Å²) in [6.45, 7) is 1.92. The summed E-state index contributed by atoms with van der Waals surface area (Å²) < 4.78 is 6.31. The fraction of sp³-hybridized carbons (Fsp3) is 0.0588. The van der Waals surface area contributed by atoms with Crippen LogP contribution in [0.15, 0.2) is 57.4 Å². The van der Waals surface area contributed by atoms with Crippen LogP contribution >= 0.6 is 15.9 Å². The van der Waals surface area contributed by atoms with Gasteiger partial charge in [-0.15, -0.1) is 0 Å². The number of para-hydroxylation sites is 1. The first-order valence-corrected chi connectivity index (χ1v) is 7.49. The van der Waals surface area contributed by atoms with Crippen molar-refractivity contribution in [2.45, 2.75) is 6.92 Å². The van der Waals surface area contributed by atoms with Gasteiger partial charge in [0.2, 0.25) is 5.55 Å². The summed E-state index contributed by atoms with van der Waals surface area (Å²) in [5.74, 6) is -0.357. The highest BCUT2D eigenvalue weighted by Gasteiger charge is 2.12. The number of carbonyl (C=O) groups is 1. The van der Waals surface area contributed by atoms with Crippen molar-refractivity contribution in [3.05, 3.63) is 69.7 Å². The molecule has 0 fully saturated rings. The molecule has 110 valence electrons. The number of carbonyl (C=O) groups excluding carboxylic acids is 1. The van der Waals surface area contributed by atoms with E-state index in [1.165, 1.54) is 0 Å². The topological polar surface area (TPSA) is 66.1 Å². The summed E-state index contributed by atoms with van der Waals surface area (Å²) in [5, 5.41) is 11.5. The largest absolute Gasteiger partial charge is 0.438 e. The smallest absolute Gasteiger partial charge is 0.261 e. The highest BCUT2D eigenvalue weighted by Crippen LogP contribution is 2.20. The fourth-order valence-corrected chi connectivity index (χ4v) is 2.56. The third kappa shape index (κ3) is 2.80. The summed E-state index contributed by atoms with van der Waals surface area (Å²) in [6, 6.07) is 14.6. The van der Waals surface area contributed by atoms with Gasteiger partial charge in [0.25, 0.3) is 5.91 Å². The zero-order valence-electron chi connectivity index (χ0n) is 11.8. The monoisotopic (exact) mass is 356 g/mol. The van der Waals surface area contributed by atoms with E-state index in [2.05, 4.69) is 21.2 Å². The zero-order chi connectivity index (χ0) is 15.7. The van der Waals surface area contributed by atoms with Crippen LogP contribution in [-0.4, -0.2) is 5.91 Å². The van der Waals surface area contributed by atoms with Gasteiger partial charge in [-0.1, -0.05) is 34.1 Å². The van der Waals surface area contributed by atoms with E-state index in [0.717, 1.165) is 21.1 Å². The van der Waals surface area contributed by atoms with E-state index in [9.17, 15) is 4.79 Å². The third-order valence-corrected chi connectivity index (χ3v) is 3.86. The normalized spacial score (nSPS) is 10.6. The van der Waals surface area contributed by atoms with E-state index in [1.807, 2.05) is 43.3 Å². The Hall–Kier alpha value is -2.40. The average molecular weight is 357 g/mol. The Morgan fingerprint density at radius 3 is 2.73 bits per heavy atom. The second-order valence-corrected chi connectivity index (χ2v) is 5.86. The lowest BCUT2D eigenvalue weighted by molar-refractivity contribution is 0.102. The standard InChI is InChI=1S/C17H13BrN2O2/c1-10-4-2-3-5-14(10)20-17(21)13-9-11-8-12(18)6-7-15(11)22-16(13)19/h2-9,19H,1H3,(H,20,21). The van der Waals surface area contributed by atoms with E-state index in [1.54, 1.807) is 12.1 Å². The predicted molar refractivity (Wildman–Crippen MR) is 88.9 cm³/mol. The van der Waals surface area contributed by atoms with Gasteiger partial charge in [0, 0.05) is 15.5 Å². The summed E-state index contributed by atoms with van der Waals surface area (Å²) in [7, 11) is 0. The van der Waals surface area contributed by atoms with Gasteiger partial charge in [-0.05, 0) is 42.8 Å². The van der Waals surface area contributed by atoms with Crippen LogP contribution in [0.4, 0.5) is 5.69 Å². The van der Waals surface area contributed by atoms with Crippen LogP contribution in [0.25, 0.3) is 11.0 Å². The number of hydrogen-bond donors (Lipinski definition) is 2. The highest BCUT2D eigenvalue weighted by molar-refractivity contribution is 9.10. The first kappa shape index (κ1) is 14.5. The van der Waals surface area contributed by atoms with E-state index in [-0.39, 0.29) is 17.0 Å². The molecule has 3 rings (SSSR count). The molecule has 1 amide bonds. The molecule has 5 heteroatoms. The van der Waals surface area contributed by atoms with E-state index in [0.29, 0.717) is 5.58 Å². The van der Waals surface area contributed by atoms with Crippen molar-refractivity contribution in [3.8, 4) is 0 Å². The molecule has 0 saturated carbocycles. The van der Waals surface area contributed by atoms with Gasteiger partial charge in [0.05, 0.1) is 0 Å². The minimum Gasteiger partial charge on any atom is -0.438 e. The summed E-state index contributed by atoms with van der Waals surface area (Å²) in [6.07, 6.45) is 0. The number of hydrogen-bond acceptors (Lipinski definition) is 3. The Morgan fingerprint density at radius 1 is 1.18 bits per heavy atom. The summed E-state index contributed by atoms with van der Waals surface area (Å²) in [4.78, 5) is 12.4. The maximum atomic E-state index is 12.4. The van der Waals surface area contributed by atoms with E-state index in [4.69, 9.17) is 9.83 Å². The molecular formula is C17H13BrN2O2. The Bertz CT molecular complexity index is 931. The number of aryl methyl sites for hydroxylation is 1. The van der Waals surface area contributed by atoms with Crippen LogP contribution in [0.2, 0.25) is 0 Å². The van der Waals surface area contributed by atoms with Crippen LogP contribution in [0, 0.1) is 12.3 Å². The lowest BCUT2D eigenvalue weighted by Gasteiger charge is -2.08. The van der Waals surface area contributed by atoms with Gasteiger partial charge in [-0.3, -0.25) is 10.2 Å². The fourth-order valence-electron chi connectivity index (χ4n) is 2.18. The molecule has 0 bridgehead atoms. The number of fused-ring (bicyclic) bond motifs is 1. The van der Waals surface area contributed by atoms with Crippen molar-refractivity contribution in [1.82, 2.24) is 0 Å². The van der Waals surface area contributed by atoms with E-state index >= 15 is 0 Å². The molecule has 2 aromatic carbocycles. The molecule has 1 aromatic heterocycles. The number of benzene rings is 2. The molecule has 0 spiro atoms.